The largest absolute Gasteiger partial charge is 0.359 e. The fourth-order valence-electron chi connectivity index (χ4n) is 1.25. The van der Waals surface area contributed by atoms with E-state index in [4.69, 9.17) is 21.1 Å². The van der Waals surface area contributed by atoms with Crippen molar-refractivity contribution in [1.82, 2.24) is 0 Å². The van der Waals surface area contributed by atoms with Gasteiger partial charge in [-0.25, -0.2) is 0 Å². The van der Waals surface area contributed by atoms with Crippen molar-refractivity contribution in [2.24, 2.45) is 0 Å². The lowest BCUT2D eigenvalue weighted by Crippen LogP contribution is -2.14. The summed E-state index contributed by atoms with van der Waals surface area (Å²) >= 11 is 5.97. The minimum atomic E-state index is -0.654. The Hall–Kier alpha value is -0.900. The number of hydrogen-bond donors (Lipinski definition) is 0. The zero-order valence-electron chi connectivity index (χ0n) is 10.7. The smallest absolute Gasteiger partial charge is 0.163 e. The molecule has 96 valence electrons. The predicted molar refractivity (Wildman–Crippen MR) is 69.2 cm³/mol. The average molecular weight is 259 g/mol. The highest BCUT2D eigenvalue weighted by molar-refractivity contribution is 6.31. The van der Waals surface area contributed by atoms with Crippen LogP contribution in [0.3, 0.4) is 0 Å². The Morgan fingerprint density at radius 1 is 1.35 bits per heavy atom. The summed E-state index contributed by atoms with van der Waals surface area (Å²) in [6, 6.07) is 7.11. The lowest BCUT2D eigenvalue weighted by atomic mass is 10.1. The molecule has 17 heavy (non-hydrogen) atoms. The van der Waals surface area contributed by atoms with Gasteiger partial charge in [0.2, 0.25) is 0 Å². The Morgan fingerprint density at radius 2 is 1.94 bits per heavy atom. The number of methoxy groups -OCH3 is 1. The third kappa shape index (κ3) is 5.31. The fourth-order valence-corrected chi connectivity index (χ4v) is 1.48. The van der Waals surface area contributed by atoms with Gasteiger partial charge < -0.3 is 9.47 Å². The Balaban J connectivity index is 0.00000121. The van der Waals surface area contributed by atoms with Gasteiger partial charge in [-0.3, -0.25) is 4.79 Å². The molecule has 0 aliphatic rings. The number of Topliss-reactive ketones (excluding diaryl/α,β-unsaturated/α-hetero) is 1. The summed E-state index contributed by atoms with van der Waals surface area (Å²) in [6.07, 6.45) is -0.654. The van der Waals surface area contributed by atoms with E-state index < -0.39 is 6.10 Å². The van der Waals surface area contributed by atoms with E-state index in [2.05, 4.69) is 0 Å². The van der Waals surface area contributed by atoms with Crippen LogP contribution in [-0.2, 0) is 14.3 Å². The summed E-state index contributed by atoms with van der Waals surface area (Å²) in [4.78, 5) is 11.4. The third-order valence-corrected chi connectivity index (χ3v) is 2.25. The van der Waals surface area contributed by atoms with Crippen LogP contribution in [0.15, 0.2) is 24.3 Å². The lowest BCUT2D eigenvalue weighted by molar-refractivity contribution is -0.138. The summed E-state index contributed by atoms with van der Waals surface area (Å²) in [6.45, 7) is 5.53. The molecule has 0 saturated heterocycles. The van der Waals surface area contributed by atoms with Gasteiger partial charge in [0, 0.05) is 17.7 Å². The van der Waals surface area contributed by atoms with Crippen LogP contribution in [-0.4, -0.2) is 19.7 Å². The van der Waals surface area contributed by atoms with Gasteiger partial charge in [0.15, 0.2) is 5.78 Å². The van der Waals surface area contributed by atoms with Crippen LogP contribution in [0.2, 0.25) is 5.02 Å². The van der Waals surface area contributed by atoms with E-state index in [9.17, 15) is 4.79 Å². The maximum atomic E-state index is 11.4. The number of carbonyl (C=O) groups excluding carboxylic acids is 1. The standard InChI is InChI=1S/C11H13ClO3.C2H6/c1-8(13)11(15-7-14-2)9-5-3-4-6-10(9)12;1-2/h3-6,11H,7H2,1-2H3;1-2H3. The summed E-state index contributed by atoms with van der Waals surface area (Å²) in [5.74, 6) is -0.0971. The van der Waals surface area contributed by atoms with Crippen molar-refractivity contribution in [1.29, 1.82) is 0 Å². The van der Waals surface area contributed by atoms with Gasteiger partial charge in [-0.2, -0.15) is 0 Å². The Morgan fingerprint density at radius 3 is 2.41 bits per heavy atom. The van der Waals surface area contributed by atoms with Crippen molar-refractivity contribution in [2.75, 3.05) is 13.9 Å². The van der Waals surface area contributed by atoms with Crippen LogP contribution < -0.4 is 0 Å². The van der Waals surface area contributed by atoms with E-state index in [1.807, 2.05) is 19.9 Å². The molecule has 0 amide bonds. The van der Waals surface area contributed by atoms with Crippen molar-refractivity contribution in [3.63, 3.8) is 0 Å². The Kier molecular flexibility index (Phi) is 8.68. The number of benzene rings is 1. The van der Waals surface area contributed by atoms with Crippen LogP contribution in [0.5, 0.6) is 0 Å². The number of rotatable bonds is 5. The molecule has 4 heteroatoms. The van der Waals surface area contributed by atoms with Crippen molar-refractivity contribution >= 4 is 17.4 Å². The van der Waals surface area contributed by atoms with E-state index in [1.165, 1.54) is 14.0 Å². The highest BCUT2D eigenvalue weighted by atomic mass is 35.5. The molecule has 1 rings (SSSR count). The number of ether oxygens (including phenoxy) is 2. The van der Waals surface area contributed by atoms with Gasteiger partial charge in [0.25, 0.3) is 0 Å². The fraction of sp³-hybridized carbons (Fsp3) is 0.462. The van der Waals surface area contributed by atoms with Gasteiger partial charge in [0.05, 0.1) is 0 Å². The van der Waals surface area contributed by atoms with Crippen LogP contribution in [0, 0.1) is 0 Å². The minimum absolute atomic E-state index is 0.0650. The van der Waals surface area contributed by atoms with Crippen LogP contribution in [0.25, 0.3) is 0 Å². The van der Waals surface area contributed by atoms with Crippen molar-refractivity contribution in [3.05, 3.63) is 34.9 Å². The summed E-state index contributed by atoms with van der Waals surface area (Å²) in [7, 11) is 1.50. The normalized spacial score (nSPS) is 11.4. The highest BCUT2D eigenvalue weighted by Crippen LogP contribution is 2.25. The van der Waals surface area contributed by atoms with E-state index in [0.29, 0.717) is 10.6 Å². The first-order valence-corrected chi connectivity index (χ1v) is 5.90. The van der Waals surface area contributed by atoms with Crippen LogP contribution in [0.4, 0.5) is 0 Å². The molecule has 0 aliphatic heterocycles. The molecule has 1 aromatic carbocycles. The molecule has 0 aromatic heterocycles. The maximum absolute atomic E-state index is 11.4. The van der Waals surface area contributed by atoms with Crippen molar-refractivity contribution in [2.45, 2.75) is 26.9 Å². The summed E-state index contributed by atoms with van der Waals surface area (Å²) in [5.41, 5.74) is 0.670. The van der Waals surface area contributed by atoms with Crippen LogP contribution >= 0.6 is 11.6 Å². The number of ketones is 1. The molecule has 0 bridgehead atoms. The minimum Gasteiger partial charge on any atom is -0.359 e. The first-order valence-electron chi connectivity index (χ1n) is 5.52. The van der Waals surface area contributed by atoms with Gasteiger partial charge in [0.1, 0.15) is 12.9 Å². The van der Waals surface area contributed by atoms with E-state index >= 15 is 0 Å². The Bertz CT molecular complexity index is 339. The zero-order valence-corrected chi connectivity index (χ0v) is 11.5. The van der Waals surface area contributed by atoms with E-state index in [-0.39, 0.29) is 12.6 Å². The molecular weight excluding hydrogens is 240 g/mol. The molecular formula is C13H19ClO3. The number of halogens is 1. The number of hydrogen-bond acceptors (Lipinski definition) is 3. The topological polar surface area (TPSA) is 35.5 Å². The van der Waals surface area contributed by atoms with Gasteiger partial charge in [-0.15, -0.1) is 0 Å². The molecule has 0 spiro atoms. The first kappa shape index (κ1) is 16.1. The third-order valence-electron chi connectivity index (χ3n) is 1.91. The molecule has 0 heterocycles. The molecule has 0 radical (unpaired) electrons. The number of carbonyl (C=O) groups is 1. The predicted octanol–water partition coefficient (Wildman–Crippen LogP) is 3.62. The zero-order chi connectivity index (χ0) is 13.3. The lowest BCUT2D eigenvalue weighted by Gasteiger charge is -2.15. The second kappa shape index (κ2) is 9.16. The van der Waals surface area contributed by atoms with Crippen molar-refractivity contribution in [3.8, 4) is 0 Å². The summed E-state index contributed by atoms with van der Waals surface area (Å²) in [5, 5.41) is 0.522. The molecule has 0 N–H and O–H groups in total. The molecule has 0 fully saturated rings. The molecule has 1 aromatic rings. The molecule has 1 unspecified atom stereocenters. The average Bonchev–Trinajstić information content (AvgIpc) is 2.34. The molecule has 3 nitrogen and oxygen atoms in total. The van der Waals surface area contributed by atoms with Crippen LogP contribution in [0.1, 0.15) is 32.4 Å². The van der Waals surface area contributed by atoms with E-state index in [1.54, 1.807) is 18.2 Å². The Labute approximate surface area is 108 Å². The van der Waals surface area contributed by atoms with E-state index in [0.717, 1.165) is 0 Å². The monoisotopic (exact) mass is 258 g/mol. The molecule has 1 atom stereocenters. The quantitative estimate of drug-likeness (QED) is 0.757. The van der Waals surface area contributed by atoms with Gasteiger partial charge in [-0.05, 0) is 13.0 Å². The second-order valence-electron chi connectivity index (χ2n) is 3.09. The molecule has 0 aliphatic carbocycles. The van der Waals surface area contributed by atoms with Gasteiger partial charge >= 0.3 is 0 Å². The SMILES string of the molecule is CC.COCOC(C(C)=O)c1ccccc1Cl. The second-order valence-corrected chi connectivity index (χ2v) is 3.49. The van der Waals surface area contributed by atoms with Gasteiger partial charge in [-0.1, -0.05) is 43.6 Å². The highest BCUT2D eigenvalue weighted by Gasteiger charge is 2.19. The first-order chi connectivity index (χ1) is 8.16. The molecule has 0 saturated carbocycles. The summed E-state index contributed by atoms with van der Waals surface area (Å²) < 4.78 is 10.0. The van der Waals surface area contributed by atoms with Crippen molar-refractivity contribution < 1.29 is 14.3 Å². The maximum Gasteiger partial charge on any atom is 0.163 e.